The first-order valence-electron chi connectivity index (χ1n) is 9.03. The Labute approximate surface area is 166 Å². The van der Waals surface area contributed by atoms with Crippen LogP contribution in [0.4, 0.5) is 11.6 Å². The van der Waals surface area contributed by atoms with Crippen LogP contribution < -0.4 is 20.8 Å². The molecule has 0 unspecified atom stereocenters. The Morgan fingerprint density at radius 3 is 2.57 bits per heavy atom. The predicted molar refractivity (Wildman–Crippen MR) is 108 cm³/mol. The zero-order chi connectivity index (χ0) is 19.7. The average molecular weight is 399 g/mol. The van der Waals surface area contributed by atoms with E-state index in [-0.39, 0.29) is 6.54 Å². The highest BCUT2D eigenvalue weighted by Gasteiger charge is 2.26. The molecule has 0 spiro atoms. The van der Waals surface area contributed by atoms with E-state index in [0.717, 1.165) is 17.0 Å². The van der Waals surface area contributed by atoms with Crippen LogP contribution in [0.3, 0.4) is 0 Å². The molecule has 0 atom stereocenters. The summed E-state index contributed by atoms with van der Waals surface area (Å²) >= 11 is 6.02. The van der Waals surface area contributed by atoms with Crippen molar-refractivity contribution in [2.24, 2.45) is 0 Å². The topological polar surface area (TPSA) is 69.4 Å². The highest BCUT2D eigenvalue weighted by molar-refractivity contribution is 6.30. The van der Waals surface area contributed by atoms with Crippen molar-refractivity contribution >= 4 is 23.2 Å². The normalized spacial score (nSPS) is 12.9. The first-order valence-corrected chi connectivity index (χ1v) is 9.41. The van der Waals surface area contributed by atoms with E-state index in [4.69, 9.17) is 16.3 Å². The summed E-state index contributed by atoms with van der Waals surface area (Å²) in [5.41, 5.74) is 0.476. The number of rotatable bonds is 5. The lowest BCUT2D eigenvalue weighted by Crippen LogP contribution is -2.42. The number of halogens is 1. The van der Waals surface area contributed by atoms with Crippen molar-refractivity contribution in [2.45, 2.75) is 20.0 Å². The zero-order valence-electron chi connectivity index (χ0n) is 15.3. The second-order valence-corrected chi connectivity index (χ2v) is 6.86. The minimum Gasteiger partial charge on any atom is -0.494 e. The number of ether oxygens (including phenoxy) is 1. The summed E-state index contributed by atoms with van der Waals surface area (Å²) in [6.07, 6.45) is 0. The molecule has 2 heterocycles. The van der Waals surface area contributed by atoms with Gasteiger partial charge in [0.2, 0.25) is 5.95 Å². The van der Waals surface area contributed by atoms with E-state index in [0.29, 0.717) is 30.7 Å². The molecule has 0 radical (unpaired) electrons. The molecule has 0 amide bonds. The molecule has 28 heavy (non-hydrogen) atoms. The number of aromatic nitrogens is 3. The molecular formula is C20H19ClN4O3. The molecule has 8 heteroatoms. The molecule has 1 aromatic heterocycles. The van der Waals surface area contributed by atoms with Crippen molar-refractivity contribution < 1.29 is 4.74 Å². The van der Waals surface area contributed by atoms with Crippen molar-refractivity contribution in [2.75, 3.05) is 18.1 Å². The Balaban J connectivity index is 1.71. The number of nitrogens with zero attached hydrogens (tertiary/aromatic N) is 4. The van der Waals surface area contributed by atoms with Crippen LogP contribution in [0.15, 0.2) is 58.1 Å². The molecule has 0 bridgehead atoms. The first kappa shape index (κ1) is 18.3. The van der Waals surface area contributed by atoms with E-state index in [2.05, 4.69) is 5.10 Å². The van der Waals surface area contributed by atoms with Crippen LogP contribution in [0.5, 0.6) is 5.75 Å². The van der Waals surface area contributed by atoms with Crippen LogP contribution in [0.25, 0.3) is 0 Å². The average Bonchev–Trinajstić information content (AvgIpc) is 3.11. The van der Waals surface area contributed by atoms with Crippen molar-refractivity contribution in [3.8, 4) is 5.75 Å². The summed E-state index contributed by atoms with van der Waals surface area (Å²) in [6.45, 7) is 3.69. The van der Waals surface area contributed by atoms with Gasteiger partial charge in [-0.15, -0.1) is 5.10 Å². The number of fused-ring (bicyclic) bond motifs is 1. The third-order valence-corrected chi connectivity index (χ3v) is 4.82. The Morgan fingerprint density at radius 2 is 1.86 bits per heavy atom. The third kappa shape index (κ3) is 3.41. The second kappa shape index (κ2) is 7.52. The zero-order valence-corrected chi connectivity index (χ0v) is 16.1. The lowest BCUT2D eigenvalue weighted by Gasteiger charge is -2.18. The molecule has 3 aromatic rings. The number of hydrogen-bond acceptors (Lipinski definition) is 5. The maximum atomic E-state index is 12.6. The number of anilines is 2. The van der Waals surface area contributed by atoms with Crippen molar-refractivity contribution in [3.05, 3.63) is 79.8 Å². The lowest BCUT2D eigenvalue weighted by atomic mass is 10.2. The molecule has 0 saturated heterocycles. The van der Waals surface area contributed by atoms with Gasteiger partial charge in [-0.3, -0.25) is 14.2 Å². The van der Waals surface area contributed by atoms with Gasteiger partial charge in [-0.2, -0.15) is 0 Å². The molecule has 1 aliphatic heterocycles. The fraction of sp³-hybridized carbons (Fsp3) is 0.250. The largest absolute Gasteiger partial charge is 0.494 e. The van der Waals surface area contributed by atoms with Crippen molar-refractivity contribution in [3.63, 3.8) is 0 Å². The summed E-state index contributed by atoms with van der Waals surface area (Å²) in [7, 11) is 0. The Bertz CT molecular complexity index is 1120. The maximum Gasteiger partial charge on any atom is 0.333 e. The fourth-order valence-corrected chi connectivity index (χ4v) is 3.49. The standard InChI is InChI=1S/C20H19ClN4O3/c1-2-28-17-8-6-16(7-9-17)23-10-11-24-18(26)19(27)25(22-20(23)24)13-14-4-3-5-15(21)12-14/h3-9,12H,2,10-11,13H2,1H3. The Kier molecular flexibility index (Phi) is 4.92. The smallest absolute Gasteiger partial charge is 0.333 e. The van der Waals surface area contributed by atoms with E-state index < -0.39 is 11.1 Å². The lowest BCUT2D eigenvalue weighted by molar-refractivity contribution is 0.340. The minimum absolute atomic E-state index is 0.180. The van der Waals surface area contributed by atoms with Crippen LogP contribution >= 0.6 is 11.6 Å². The van der Waals surface area contributed by atoms with Gasteiger partial charge in [0.1, 0.15) is 5.75 Å². The Morgan fingerprint density at radius 1 is 1.07 bits per heavy atom. The van der Waals surface area contributed by atoms with Gasteiger partial charge >= 0.3 is 11.1 Å². The van der Waals surface area contributed by atoms with Crippen molar-refractivity contribution in [1.29, 1.82) is 0 Å². The highest BCUT2D eigenvalue weighted by atomic mass is 35.5. The predicted octanol–water partition coefficient (Wildman–Crippen LogP) is 2.66. The summed E-state index contributed by atoms with van der Waals surface area (Å²) in [6, 6.07) is 14.7. The summed E-state index contributed by atoms with van der Waals surface area (Å²) in [5.74, 6) is 1.23. The molecule has 0 saturated carbocycles. The quantitative estimate of drug-likeness (QED) is 0.618. The van der Waals surface area contributed by atoms with E-state index in [1.165, 1.54) is 9.25 Å². The van der Waals surface area contributed by atoms with Crippen LogP contribution in [0.1, 0.15) is 12.5 Å². The van der Waals surface area contributed by atoms with E-state index in [9.17, 15) is 9.59 Å². The SMILES string of the molecule is CCOc1ccc(N2CCn3c2nn(Cc2cccc(Cl)c2)c(=O)c3=O)cc1. The molecule has 1 aliphatic rings. The van der Waals surface area contributed by atoms with Gasteiger partial charge in [0.15, 0.2) is 0 Å². The van der Waals surface area contributed by atoms with Crippen LogP contribution in [-0.4, -0.2) is 27.5 Å². The molecule has 7 nitrogen and oxygen atoms in total. The molecule has 144 valence electrons. The van der Waals surface area contributed by atoms with Gasteiger partial charge in [0.25, 0.3) is 0 Å². The van der Waals surface area contributed by atoms with Crippen LogP contribution in [-0.2, 0) is 13.1 Å². The summed E-state index contributed by atoms with van der Waals surface area (Å²) in [5, 5.41) is 5.04. The van der Waals surface area contributed by atoms with Gasteiger partial charge in [0, 0.05) is 23.8 Å². The minimum atomic E-state index is -0.641. The van der Waals surface area contributed by atoms with Gasteiger partial charge < -0.3 is 9.64 Å². The van der Waals surface area contributed by atoms with E-state index >= 15 is 0 Å². The van der Waals surface area contributed by atoms with Gasteiger partial charge in [-0.25, -0.2) is 4.68 Å². The molecule has 4 rings (SSSR count). The molecule has 0 N–H and O–H groups in total. The fourth-order valence-electron chi connectivity index (χ4n) is 3.27. The van der Waals surface area contributed by atoms with Crippen LogP contribution in [0.2, 0.25) is 5.02 Å². The van der Waals surface area contributed by atoms with Gasteiger partial charge in [0.05, 0.1) is 13.2 Å². The highest BCUT2D eigenvalue weighted by Crippen LogP contribution is 2.28. The van der Waals surface area contributed by atoms with E-state index in [1.54, 1.807) is 18.2 Å². The molecule has 0 fully saturated rings. The second-order valence-electron chi connectivity index (χ2n) is 6.43. The summed E-state index contributed by atoms with van der Waals surface area (Å²) < 4.78 is 8.10. The molecule has 2 aromatic carbocycles. The maximum absolute atomic E-state index is 12.6. The molecular weight excluding hydrogens is 380 g/mol. The van der Waals surface area contributed by atoms with Gasteiger partial charge in [-0.1, -0.05) is 23.7 Å². The molecule has 0 aliphatic carbocycles. The Hall–Kier alpha value is -3.06. The summed E-state index contributed by atoms with van der Waals surface area (Å²) in [4.78, 5) is 27.0. The van der Waals surface area contributed by atoms with Crippen LogP contribution in [0, 0.1) is 0 Å². The van der Waals surface area contributed by atoms with Gasteiger partial charge in [-0.05, 0) is 48.9 Å². The first-order chi connectivity index (χ1) is 13.6. The third-order valence-electron chi connectivity index (χ3n) is 4.58. The van der Waals surface area contributed by atoms with Crippen molar-refractivity contribution in [1.82, 2.24) is 14.3 Å². The number of hydrogen-bond donors (Lipinski definition) is 0. The monoisotopic (exact) mass is 398 g/mol. The number of benzene rings is 2. The van der Waals surface area contributed by atoms with E-state index in [1.807, 2.05) is 42.2 Å².